The second-order valence-corrected chi connectivity index (χ2v) is 8.84. The van der Waals surface area contributed by atoms with Gasteiger partial charge in [0.1, 0.15) is 11.4 Å². The molecule has 0 spiro atoms. The number of amides is 1. The van der Waals surface area contributed by atoms with Crippen LogP contribution in [0.15, 0.2) is 51.8 Å². The third-order valence-corrected chi connectivity index (χ3v) is 6.63. The third-order valence-electron chi connectivity index (χ3n) is 6.63. The Bertz CT molecular complexity index is 1550. The number of carbonyl (C=O) groups excluding carboxylic acids is 1. The lowest BCUT2D eigenvalue weighted by atomic mass is 9.96. The Labute approximate surface area is 208 Å². The number of pyridine rings is 1. The normalized spacial score (nSPS) is 14.8. The quantitative estimate of drug-likeness (QED) is 0.397. The molecule has 0 N–H and O–H groups in total. The molecule has 4 aromatic rings. The number of carbonyl (C=O) groups is 1. The maximum Gasteiger partial charge on any atom is 0.296 e. The summed E-state index contributed by atoms with van der Waals surface area (Å²) in [6, 6.07) is 9.87. The minimum atomic E-state index is -0.821. The molecular weight excluding hydrogens is 460 g/mol. The monoisotopic (exact) mass is 486 g/mol. The number of ether oxygens (including phenoxy) is 3. The first-order chi connectivity index (χ1) is 17.3. The Morgan fingerprint density at radius 3 is 2.14 bits per heavy atom. The van der Waals surface area contributed by atoms with Gasteiger partial charge in [-0.1, -0.05) is 6.07 Å². The molecule has 8 heteroatoms. The van der Waals surface area contributed by atoms with E-state index in [1.165, 1.54) is 26.2 Å². The van der Waals surface area contributed by atoms with Crippen molar-refractivity contribution >= 4 is 22.7 Å². The first-order valence-electron chi connectivity index (χ1n) is 11.4. The summed E-state index contributed by atoms with van der Waals surface area (Å²) in [5.41, 5.74) is 3.81. The number of nitrogens with zero attached hydrogens (tertiary/aromatic N) is 2. The van der Waals surface area contributed by atoms with Gasteiger partial charge in [0.25, 0.3) is 5.91 Å². The highest BCUT2D eigenvalue weighted by molar-refractivity contribution is 6.10. The van der Waals surface area contributed by atoms with Gasteiger partial charge >= 0.3 is 0 Å². The molecule has 2 aromatic heterocycles. The molecule has 0 bridgehead atoms. The lowest BCUT2D eigenvalue weighted by molar-refractivity contribution is 0.0970. The average Bonchev–Trinajstić information content (AvgIpc) is 3.17. The van der Waals surface area contributed by atoms with E-state index in [0.29, 0.717) is 39.6 Å². The van der Waals surface area contributed by atoms with Gasteiger partial charge in [0.2, 0.25) is 11.5 Å². The first-order valence-corrected chi connectivity index (χ1v) is 11.4. The summed E-state index contributed by atoms with van der Waals surface area (Å²) in [6.07, 6.45) is 1.68. The predicted octanol–water partition coefficient (Wildman–Crippen LogP) is 4.89. The van der Waals surface area contributed by atoms with Crippen molar-refractivity contribution in [2.24, 2.45) is 0 Å². The SMILES string of the molecule is COc1cc([C@H]2c3c(oc4cc(C)c(C)cc4c3=O)C(=O)N2c2ccc(C)cn2)cc(OC)c1OC. The summed E-state index contributed by atoms with van der Waals surface area (Å²) in [4.78, 5) is 33.7. The van der Waals surface area contributed by atoms with E-state index in [1.54, 1.807) is 36.5 Å². The van der Waals surface area contributed by atoms with Crippen molar-refractivity contribution in [1.82, 2.24) is 4.98 Å². The number of aromatic nitrogens is 1. The van der Waals surface area contributed by atoms with E-state index >= 15 is 0 Å². The van der Waals surface area contributed by atoms with Crippen molar-refractivity contribution in [3.8, 4) is 17.2 Å². The smallest absolute Gasteiger partial charge is 0.296 e. The van der Waals surface area contributed by atoms with Crippen LogP contribution >= 0.6 is 0 Å². The molecule has 0 radical (unpaired) electrons. The highest BCUT2D eigenvalue weighted by Gasteiger charge is 2.45. The number of rotatable bonds is 5. The molecule has 0 saturated carbocycles. The second kappa shape index (κ2) is 8.71. The number of hydrogen-bond acceptors (Lipinski definition) is 7. The van der Waals surface area contributed by atoms with Crippen LogP contribution < -0.4 is 24.5 Å². The summed E-state index contributed by atoms with van der Waals surface area (Å²) in [5, 5.41) is 0.417. The Morgan fingerprint density at radius 1 is 0.889 bits per heavy atom. The van der Waals surface area contributed by atoms with Crippen LogP contribution in [0.2, 0.25) is 0 Å². The lowest BCUT2D eigenvalue weighted by Gasteiger charge is -2.25. The molecule has 8 nitrogen and oxygen atoms in total. The summed E-state index contributed by atoms with van der Waals surface area (Å²) in [5.74, 6) is 1.16. The molecule has 1 aliphatic heterocycles. The molecule has 0 fully saturated rings. The van der Waals surface area contributed by atoms with Crippen LogP contribution in [-0.2, 0) is 0 Å². The van der Waals surface area contributed by atoms with E-state index < -0.39 is 11.9 Å². The minimum Gasteiger partial charge on any atom is -0.493 e. The standard InChI is InChI=1S/C28H26N2O6/c1-14-7-8-22(29-13-14)30-24(17-11-20(33-4)26(35-6)21(12-17)34-5)23-25(31)18-9-15(2)16(3)10-19(18)36-27(23)28(30)32/h7-13,24H,1-6H3/t24-/m0/s1. The van der Waals surface area contributed by atoms with Gasteiger partial charge in [-0.25, -0.2) is 4.98 Å². The van der Waals surface area contributed by atoms with Crippen molar-refractivity contribution in [3.05, 3.63) is 86.4 Å². The fourth-order valence-corrected chi connectivity index (χ4v) is 4.64. The summed E-state index contributed by atoms with van der Waals surface area (Å²) >= 11 is 0. The first kappa shape index (κ1) is 23.4. The molecule has 0 aliphatic carbocycles. The molecule has 2 aromatic carbocycles. The zero-order valence-electron chi connectivity index (χ0n) is 21.0. The fraction of sp³-hybridized carbons (Fsp3) is 0.250. The Kier molecular flexibility index (Phi) is 5.67. The van der Waals surface area contributed by atoms with Crippen molar-refractivity contribution in [1.29, 1.82) is 0 Å². The van der Waals surface area contributed by atoms with E-state index in [1.807, 2.05) is 26.8 Å². The van der Waals surface area contributed by atoms with Crippen LogP contribution in [-0.4, -0.2) is 32.2 Å². The van der Waals surface area contributed by atoms with Crippen LogP contribution in [0.25, 0.3) is 11.0 Å². The fourth-order valence-electron chi connectivity index (χ4n) is 4.64. The van der Waals surface area contributed by atoms with Crippen LogP contribution in [0, 0.1) is 20.8 Å². The number of hydrogen-bond donors (Lipinski definition) is 0. The van der Waals surface area contributed by atoms with Crippen LogP contribution in [0.1, 0.15) is 44.4 Å². The van der Waals surface area contributed by atoms with Gasteiger partial charge in [-0.3, -0.25) is 14.5 Å². The lowest BCUT2D eigenvalue weighted by Crippen LogP contribution is -2.30. The minimum absolute atomic E-state index is 0.00289. The molecule has 3 heterocycles. The van der Waals surface area contributed by atoms with Gasteiger partial charge in [-0.2, -0.15) is 0 Å². The molecular formula is C28H26N2O6. The van der Waals surface area contributed by atoms with Crippen molar-refractivity contribution in [2.75, 3.05) is 26.2 Å². The van der Waals surface area contributed by atoms with Crippen LogP contribution in [0.5, 0.6) is 17.2 Å². The summed E-state index contributed by atoms with van der Waals surface area (Å²) < 4.78 is 22.7. The number of methoxy groups -OCH3 is 3. The van der Waals surface area contributed by atoms with Crippen LogP contribution in [0.3, 0.4) is 0 Å². The van der Waals surface area contributed by atoms with Gasteiger partial charge in [0, 0.05) is 6.20 Å². The summed E-state index contributed by atoms with van der Waals surface area (Å²) in [6.45, 7) is 5.79. The maximum atomic E-state index is 13.9. The largest absolute Gasteiger partial charge is 0.493 e. The molecule has 1 aliphatic rings. The molecule has 1 atom stereocenters. The van der Waals surface area contributed by atoms with Crippen molar-refractivity contribution in [3.63, 3.8) is 0 Å². The predicted molar refractivity (Wildman–Crippen MR) is 136 cm³/mol. The third kappa shape index (κ3) is 3.48. The zero-order valence-corrected chi connectivity index (χ0v) is 21.0. The highest BCUT2D eigenvalue weighted by atomic mass is 16.5. The van der Waals surface area contributed by atoms with E-state index in [9.17, 15) is 9.59 Å². The van der Waals surface area contributed by atoms with E-state index in [2.05, 4.69) is 4.98 Å². The molecule has 5 rings (SSSR count). The van der Waals surface area contributed by atoms with E-state index in [-0.39, 0.29) is 16.8 Å². The van der Waals surface area contributed by atoms with Crippen LogP contribution in [0.4, 0.5) is 5.82 Å². The van der Waals surface area contributed by atoms with Gasteiger partial charge in [-0.15, -0.1) is 0 Å². The van der Waals surface area contributed by atoms with Gasteiger partial charge < -0.3 is 18.6 Å². The molecule has 1 amide bonds. The molecule has 36 heavy (non-hydrogen) atoms. The van der Waals surface area contributed by atoms with Crippen molar-refractivity contribution in [2.45, 2.75) is 26.8 Å². The molecule has 0 saturated heterocycles. The number of benzene rings is 2. The van der Waals surface area contributed by atoms with Gasteiger partial charge in [0.05, 0.1) is 38.3 Å². The topological polar surface area (TPSA) is 91.1 Å². The van der Waals surface area contributed by atoms with E-state index in [0.717, 1.165) is 16.7 Å². The molecule has 0 unspecified atom stereocenters. The number of fused-ring (bicyclic) bond motifs is 2. The zero-order chi connectivity index (χ0) is 25.7. The Morgan fingerprint density at radius 2 is 1.56 bits per heavy atom. The highest BCUT2D eigenvalue weighted by Crippen LogP contribution is 2.46. The second-order valence-electron chi connectivity index (χ2n) is 8.84. The molecule has 184 valence electrons. The van der Waals surface area contributed by atoms with E-state index in [4.69, 9.17) is 18.6 Å². The Hall–Kier alpha value is -4.33. The van der Waals surface area contributed by atoms with Crippen molar-refractivity contribution < 1.29 is 23.4 Å². The summed E-state index contributed by atoms with van der Waals surface area (Å²) in [7, 11) is 4.55. The van der Waals surface area contributed by atoms with Gasteiger partial charge in [0.15, 0.2) is 16.9 Å². The Balaban J connectivity index is 1.85. The van der Waals surface area contributed by atoms with Gasteiger partial charge in [-0.05, 0) is 73.4 Å². The average molecular weight is 487 g/mol. The number of aryl methyl sites for hydroxylation is 3. The maximum absolute atomic E-state index is 13.9. The number of anilines is 1.